The normalized spacial score (nSPS) is 15.7. The van der Waals surface area contributed by atoms with E-state index in [9.17, 15) is 0 Å². The average molecular weight is 207 g/mol. The van der Waals surface area contributed by atoms with Crippen LogP contribution in [0.4, 0.5) is 0 Å². The summed E-state index contributed by atoms with van der Waals surface area (Å²) in [4.78, 5) is 0. The fourth-order valence-corrected chi connectivity index (χ4v) is 1.88. The molecule has 0 radical (unpaired) electrons. The minimum Gasteiger partial charge on any atom is -0.454 e. The topological polar surface area (TPSA) is 44.5 Å². The van der Waals surface area contributed by atoms with Gasteiger partial charge in [0.05, 0.1) is 0 Å². The summed E-state index contributed by atoms with van der Waals surface area (Å²) in [6, 6.07) is 5.92. The molecule has 0 bridgehead atoms. The highest BCUT2D eigenvalue weighted by molar-refractivity contribution is 5.49. The molecule has 1 heterocycles. The van der Waals surface area contributed by atoms with E-state index < -0.39 is 0 Å². The average Bonchev–Trinajstić information content (AvgIpc) is 2.63. The van der Waals surface area contributed by atoms with Gasteiger partial charge >= 0.3 is 0 Å². The molecule has 3 nitrogen and oxygen atoms in total. The molecule has 0 fully saturated rings. The van der Waals surface area contributed by atoms with Crippen molar-refractivity contribution >= 4 is 0 Å². The highest BCUT2D eigenvalue weighted by Crippen LogP contribution is 2.39. The van der Waals surface area contributed by atoms with Gasteiger partial charge < -0.3 is 15.2 Å². The number of rotatable bonds is 3. The standard InChI is InChI=1S/C12H17NO2/c1-8(2)6-10(13)9-4-3-5-11-12(9)15-7-14-11/h3-5,8,10H,6-7,13H2,1-2H3/t10-/m0/s1. The third-order valence-corrected chi connectivity index (χ3v) is 2.55. The van der Waals surface area contributed by atoms with Gasteiger partial charge in [0, 0.05) is 11.6 Å². The molecule has 0 saturated heterocycles. The van der Waals surface area contributed by atoms with E-state index in [1.165, 1.54) is 0 Å². The van der Waals surface area contributed by atoms with Crippen molar-refractivity contribution in [2.24, 2.45) is 11.7 Å². The van der Waals surface area contributed by atoms with Gasteiger partial charge in [-0.1, -0.05) is 26.0 Å². The molecule has 2 N–H and O–H groups in total. The van der Waals surface area contributed by atoms with Crippen LogP contribution >= 0.6 is 0 Å². The lowest BCUT2D eigenvalue weighted by molar-refractivity contribution is 0.173. The first-order valence-corrected chi connectivity index (χ1v) is 5.32. The zero-order chi connectivity index (χ0) is 10.8. The van der Waals surface area contributed by atoms with Gasteiger partial charge in [0.2, 0.25) is 6.79 Å². The maximum atomic E-state index is 6.13. The molecule has 0 unspecified atom stereocenters. The molecule has 1 aromatic carbocycles. The lowest BCUT2D eigenvalue weighted by Gasteiger charge is -2.16. The molecule has 0 aromatic heterocycles. The number of ether oxygens (including phenoxy) is 2. The predicted octanol–water partition coefficient (Wildman–Crippen LogP) is 2.46. The van der Waals surface area contributed by atoms with Gasteiger partial charge in [-0.3, -0.25) is 0 Å². The maximum absolute atomic E-state index is 6.13. The van der Waals surface area contributed by atoms with Crippen molar-refractivity contribution in [1.82, 2.24) is 0 Å². The van der Waals surface area contributed by atoms with Crippen LogP contribution in [0.5, 0.6) is 11.5 Å². The van der Waals surface area contributed by atoms with Crippen LogP contribution in [0.3, 0.4) is 0 Å². The molecule has 0 aliphatic carbocycles. The summed E-state index contributed by atoms with van der Waals surface area (Å²) in [5, 5.41) is 0. The summed E-state index contributed by atoms with van der Waals surface area (Å²) in [6.07, 6.45) is 0.958. The first-order valence-electron chi connectivity index (χ1n) is 5.32. The number of nitrogens with two attached hydrogens (primary N) is 1. The molecule has 0 spiro atoms. The zero-order valence-electron chi connectivity index (χ0n) is 9.19. The van der Waals surface area contributed by atoms with Crippen LogP contribution in [0.1, 0.15) is 31.9 Å². The third kappa shape index (κ3) is 2.07. The largest absolute Gasteiger partial charge is 0.454 e. The van der Waals surface area contributed by atoms with Gasteiger partial charge in [-0.05, 0) is 18.4 Å². The number of hydrogen-bond acceptors (Lipinski definition) is 3. The smallest absolute Gasteiger partial charge is 0.231 e. The number of hydrogen-bond donors (Lipinski definition) is 1. The molecule has 0 amide bonds. The maximum Gasteiger partial charge on any atom is 0.231 e. The summed E-state index contributed by atoms with van der Waals surface area (Å²) in [6.45, 7) is 4.64. The molecular weight excluding hydrogens is 190 g/mol. The first kappa shape index (κ1) is 10.3. The Kier molecular flexibility index (Phi) is 2.82. The van der Waals surface area contributed by atoms with E-state index in [-0.39, 0.29) is 6.04 Å². The third-order valence-electron chi connectivity index (χ3n) is 2.55. The van der Waals surface area contributed by atoms with Crippen LogP contribution in [0.25, 0.3) is 0 Å². The van der Waals surface area contributed by atoms with Gasteiger partial charge in [-0.2, -0.15) is 0 Å². The van der Waals surface area contributed by atoms with Crippen LogP contribution in [-0.4, -0.2) is 6.79 Å². The fourth-order valence-electron chi connectivity index (χ4n) is 1.88. The van der Waals surface area contributed by atoms with Crippen molar-refractivity contribution in [1.29, 1.82) is 0 Å². The van der Waals surface area contributed by atoms with Gasteiger partial charge in [0.25, 0.3) is 0 Å². The second kappa shape index (κ2) is 4.11. The second-order valence-corrected chi connectivity index (χ2v) is 4.32. The Labute approximate surface area is 90.2 Å². The first-order chi connectivity index (χ1) is 7.18. The molecular formula is C12H17NO2. The Morgan fingerprint density at radius 2 is 2.13 bits per heavy atom. The van der Waals surface area contributed by atoms with Crippen LogP contribution in [0.2, 0.25) is 0 Å². The Bertz CT molecular complexity index is 349. The number of para-hydroxylation sites is 1. The molecule has 1 aromatic rings. The summed E-state index contributed by atoms with van der Waals surface area (Å²) in [5.41, 5.74) is 7.19. The molecule has 15 heavy (non-hydrogen) atoms. The van der Waals surface area contributed by atoms with Crippen LogP contribution in [0, 0.1) is 5.92 Å². The van der Waals surface area contributed by atoms with Crippen LogP contribution in [0.15, 0.2) is 18.2 Å². The number of benzene rings is 1. The highest BCUT2D eigenvalue weighted by atomic mass is 16.7. The van der Waals surface area contributed by atoms with E-state index >= 15 is 0 Å². The summed E-state index contributed by atoms with van der Waals surface area (Å²) in [5.74, 6) is 2.22. The Morgan fingerprint density at radius 3 is 2.87 bits per heavy atom. The van der Waals surface area contributed by atoms with Crippen molar-refractivity contribution in [3.8, 4) is 11.5 Å². The lowest BCUT2D eigenvalue weighted by atomic mass is 9.97. The van der Waals surface area contributed by atoms with E-state index in [2.05, 4.69) is 13.8 Å². The van der Waals surface area contributed by atoms with E-state index in [1.807, 2.05) is 18.2 Å². The molecule has 1 atom stereocenters. The van der Waals surface area contributed by atoms with Crippen molar-refractivity contribution in [2.75, 3.05) is 6.79 Å². The summed E-state index contributed by atoms with van der Waals surface area (Å²) < 4.78 is 10.7. The van der Waals surface area contributed by atoms with Crippen molar-refractivity contribution in [3.05, 3.63) is 23.8 Å². The number of fused-ring (bicyclic) bond motifs is 1. The fraction of sp³-hybridized carbons (Fsp3) is 0.500. The van der Waals surface area contributed by atoms with Crippen LogP contribution < -0.4 is 15.2 Å². The van der Waals surface area contributed by atoms with Crippen molar-refractivity contribution in [3.63, 3.8) is 0 Å². The summed E-state index contributed by atoms with van der Waals surface area (Å²) in [7, 11) is 0. The minimum atomic E-state index is 0.0293. The van der Waals surface area contributed by atoms with Gasteiger partial charge in [0.1, 0.15) is 0 Å². The highest BCUT2D eigenvalue weighted by Gasteiger charge is 2.21. The van der Waals surface area contributed by atoms with E-state index in [0.29, 0.717) is 12.7 Å². The summed E-state index contributed by atoms with van der Waals surface area (Å²) >= 11 is 0. The minimum absolute atomic E-state index is 0.0293. The van der Waals surface area contributed by atoms with E-state index in [0.717, 1.165) is 23.5 Å². The molecule has 2 rings (SSSR count). The molecule has 3 heteroatoms. The van der Waals surface area contributed by atoms with E-state index in [1.54, 1.807) is 0 Å². The Balaban J connectivity index is 2.24. The van der Waals surface area contributed by atoms with Gasteiger partial charge in [0.15, 0.2) is 11.5 Å². The molecule has 1 aliphatic rings. The molecule has 0 saturated carbocycles. The SMILES string of the molecule is CC(C)C[C@H](N)c1cccc2c1OCO2. The zero-order valence-corrected chi connectivity index (χ0v) is 9.19. The molecule has 82 valence electrons. The van der Waals surface area contributed by atoms with Crippen molar-refractivity contribution in [2.45, 2.75) is 26.3 Å². The second-order valence-electron chi connectivity index (χ2n) is 4.32. The molecule has 1 aliphatic heterocycles. The van der Waals surface area contributed by atoms with E-state index in [4.69, 9.17) is 15.2 Å². The Morgan fingerprint density at radius 1 is 1.33 bits per heavy atom. The van der Waals surface area contributed by atoms with Crippen molar-refractivity contribution < 1.29 is 9.47 Å². The Hall–Kier alpha value is -1.22. The lowest BCUT2D eigenvalue weighted by Crippen LogP contribution is -2.13. The van der Waals surface area contributed by atoms with Gasteiger partial charge in [-0.15, -0.1) is 0 Å². The predicted molar refractivity (Wildman–Crippen MR) is 58.9 cm³/mol. The van der Waals surface area contributed by atoms with Crippen LogP contribution in [-0.2, 0) is 0 Å². The monoisotopic (exact) mass is 207 g/mol. The van der Waals surface area contributed by atoms with Gasteiger partial charge in [-0.25, -0.2) is 0 Å². The quantitative estimate of drug-likeness (QED) is 0.828.